The number of rotatable bonds is 11. The van der Waals surface area contributed by atoms with E-state index in [-0.39, 0.29) is 5.60 Å². The van der Waals surface area contributed by atoms with Crippen molar-refractivity contribution in [3.8, 4) is 0 Å². The van der Waals surface area contributed by atoms with Gasteiger partial charge < -0.3 is 10.1 Å². The molecule has 0 bridgehead atoms. The minimum Gasteiger partial charge on any atom is -0.376 e. The van der Waals surface area contributed by atoms with Crippen LogP contribution in [0.2, 0.25) is 0 Å². The topological polar surface area (TPSA) is 21.3 Å². The highest BCUT2D eigenvalue weighted by molar-refractivity contribution is 4.81. The van der Waals surface area contributed by atoms with Crippen molar-refractivity contribution in [2.75, 3.05) is 19.7 Å². The predicted octanol–water partition coefficient (Wildman–Crippen LogP) is 4.78. The van der Waals surface area contributed by atoms with E-state index in [9.17, 15) is 0 Å². The number of hydrogen-bond donors (Lipinski definition) is 1. The SMILES string of the molecule is CCCCC(CC)(CCOC(C)(C)C)CNCCC. The Morgan fingerprint density at radius 3 is 2.11 bits per heavy atom. The molecule has 0 spiro atoms. The van der Waals surface area contributed by atoms with Crippen molar-refractivity contribution in [3.63, 3.8) is 0 Å². The first-order valence-corrected chi connectivity index (χ1v) is 8.24. The largest absolute Gasteiger partial charge is 0.376 e. The fraction of sp³-hybridized carbons (Fsp3) is 1.00. The smallest absolute Gasteiger partial charge is 0.0598 e. The van der Waals surface area contributed by atoms with Crippen LogP contribution in [0.1, 0.15) is 80.1 Å². The molecule has 0 radical (unpaired) electrons. The summed E-state index contributed by atoms with van der Waals surface area (Å²) in [6.45, 7) is 16.4. The highest BCUT2D eigenvalue weighted by atomic mass is 16.5. The van der Waals surface area contributed by atoms with Crippen molar-refractivity contribution in [2.45, 2.75) is 85.7 Å². The Morgan fingerprint density at radius 2 is 1.63 bits per heavy atom. The molecule has 0 amide bonds. The molecule has 0 aromatic rings. The molecule has 0 heterocycles. The van der Waals surface area contributed by atoms with E-state index < -0.39 is 0 Å². The van der Waals surface area contributed by atoms with E-state index in [0.717, 1.165) is 19.7 Å². The van der Waals surface area contributed by atoms with Crippen LogP contribution in [-0.2, 0) is 4.74 Å². The van der Waals surface area contributed by atoms with Gasteiger partial charge in [-0.15, -0.1) is 0 Å². The molecule has 0 saturated carbocycles. The van der Waals surface area contributed by atoms with E-state index in [1.54, 1.807) is 0 Å². The Balaban J connectivity index is 4.35. The lowest BCUT2D eigenvalue weighted by Crippen LogP contribution is -2.36. The molecule has 0 aromatic heterocycles. The van der Waals surface area contributed by atoms with E-state index in [4.69, 9.17) is 4.74 Å². The van der Waals surface area contributed by atoms with Crippen LogP contribution in [0.15, 0.2) is 0 Å². The third-order valence-corrected chi connectivity index (χ3v) is 3.90. The summed E-state index contributed by atoms with van der Waals surface area (Å²) in [6, 6.07) is 0. The molecule has 0 aliphatic carbocycles. The molecule has 1 N–H and O–H groups in total. The Labute approximate surface area is 121 Å². The minimum absolute atomic E-state index is 0.0128. The summed E-state index contributed by atoms with van der Waals surface area (Å²) in [5, 5.41) is 3.63. The van der Waals surface area contributed by atoms with E-state index in [0.29, 0.717) is 5.41 Å². The van der Waals surface area contributed by atoms with Gasteiger partial charge in [0.05, 0.1) is 5.60 Å². The van der Waals surface area contributed by atoms with Gasteiger partial charge in [-0.2, -0.15) is 0 Å². The first-order valence-electron chi connectivity index (χ1n) is 8.24. The zero-order valence-corrected chi connectivity index (χ0v) is 14.3. The Hall–Kier alpha value is -0.0800. The number of hydrogen-bond acceptors (Lipinski definition) is 2. The maximum absolute atomic E-state index is 5.95. The van der Waals surface area contributed by atoms with Crippen molar-refractivity contribution >= 4 is 0 Å². The lowest BCUT2D eigenvalue weighted by atomic mass is 9.77. The van der Waals surface area contributed by atoms with Gasteiger partial charge in [0.25, 0.3) is 0 Å². The van der Waals surface area contributed by atoms with E-state index in [2.05, 4.69) is 46.9 Å². The number of unbranched alkanes of at least 4 members (excludes halogenated alkanes) is 1. The van der Waals surface area contributed by atoms with Gasteiger partial charge in [0.2, 0.25) is 0 Å². The van der Waals surface area contributed by atoms with Crippen molar-refractivity contribution in [1.29, 1.82) is 0 Å². The summed E-state index contributed by atoms with van der Waals surface area (Å²) < 4.78 is 5.95. The van der Waals surface area contributed by atoms with E-state index in [1.807, 2.05) is 0 Å². The van der Waals surface area contributed by atoms with Gasteiger partial charge in [-0.1, -0.05) is 33.6 Å². The first-order chi connectivity index (χ1) is 8.89. The zero-order chi connectivity index (χ0) is 14.8. The summed E-state index contributed by atoms with van der Waals surface area (Å²) in [5.41, 5.74) is 0.414. The van der Waals surface area contributed by atoms with Gasteiger partial charge in [-0.3, -0.25) is 0 Å². The molecule has 0 aromatic carbocycles. The molecule has 0 aliphatic rings. The molecule has 116 valence electrons. The predicted molar refractivity (Wildman–Crippen MR) is 85.7 cm³/mol. The lowest BCUT2D eigenvalue weighted by Gasteiger charge is -2.34. The van der Waals surface area contributed by atoms with Crippen LogP contribution < -0.4 is 5.32 Å². The fourth-order valence-corrected chi connectivity index (χ4v) is 2.44. The normalized spacial score (nSPS) is 15.5. The maximum atomic E-state index is 5.95. The van der Waals surface area contributed by atoms with Crippen LogP contribution in [0.5, 0.6) is 0 Å². The molecule has 0 fully saturated rings. The molecule has 0 aliphatic heterocycles. The van der Waals surface area contributed by atoms with Crippen LogP contribution in [-0.4, -0.2) is 25.3 Å². The fourth-order valence-electron chi connectivity index (χ4n) is 2.44. The van der Waals surface area contributed by atoms with E-state index >= 15 is 0 Å². The highest BCUT2D eigenvalue weighted by Crippen LogP contribution is 2.32. The second-order valence-corrected chi connectivity index (χ2v) is 6.84. The van der Waals surface area contributed by atoms with Crippen molar-refractivity contribution in [3.05, 3.63) is 0 Å². The average Bonchev–Trinajstić information content (AvgIpc) is 2.34. The van der Waals surface area contributed by atoms with Gasteiger partial charge in [0, 0.05) is 13.2 Å². The van der Waals surface area contributed by atoms with Crippen LogP contribution in [0.4, 0.5) is 0 Å². The second kappa shape index (κ2) is 9.77. The lowest BCUT2D eigenvalue weighted by molar-refractivity contribution is -0.0208. The van der Waals surface area contributed by atoms with Gasteiger partial charge in [0.15, 0.2) is 0 Å². The summed E-state index contributed by atoms with van der Waals surface area (Å²) in [4.78, 5) is 0. The summed E-state index contributed by atoms with van der Waals surface area (Å²) >= 11 is 0. The maximum Gasteiger partial charge on any atom is 0.0598 e. The standard InChI is InChI=1S/C17H37NO/c1-7-10-11-17(9-3,15-18-13-8-2)12-14-19-16(4,5)6/h18H,7-15H2,1-6H3. The van der Waals surface area contributed by atoms with Gasteiger partial charge >= 0.3 is 0 Å². The Morgan fingerprint density at radius 1 is 0.947 bits per heavy atom. The molecular formula is C17H37NO. The van der Waals surface area contributed by atoms with Gasteiger partial charge in [0.1, 0.15) is 0 Å². The Bertz CT molecular complexity index is 210. The van der Waals surface area contributed by atoms with Gasteiger partial charge in [-0.05, 0) is 58.4 Å². The van der Waals surface area contributed by atoms with E-state index in [1.165, 1.54) is 38.5 Å². The molecule has 0 rings (SSSR count). The molecular weight excluding hydrogens is 234 g/mol. The monoisotopic (exact) mass is 271 g/mol. The molecule has 2 nitrogen and oxygen atoms in total. The Kier molecular flexibility index (Phi) is 9.72. The summed E-state index contributed by atoms with van der Waals surface area (Å²) in [7, 11) is 0. The summed E-state index contributed by atoms with van der Waals surface area (Å²) in [6.07, 6.45) is 7.58. The van der Waals surface area contributed by atoms with Crippen molar-refractivity contribution < 1.29 is 4.74 Å². The van der Waals surface area contributed by atoms with Crippen molar-refractivity contribution in [1.82, 2.24) is 5.32 Å². The number of nitrogens with one attached hydrogen (secondary N) is 1. The second-order valence-electron chi connectivity index (χ2n) is 6.84. The molecule has 1 unspecified atom stereocenters. The third kappa shape index (κ3) is 9.45. The van der Waals surface area contributed by atoms with Gasteiger partial charge in [-0.25, -0.2) is 0 Å². The quantitative estimate of drug-likeness (QED) is 0.546. The minimum atomic E-state index is -0.0128. The molecule has 0 saturated heterocycles. The molecule has 1 atom stereocenters. The average molecular weight is 271 g/mol. The van der Waals surface area contributed by atoms with Crippen LogP contribution >= 0.6 is 0 Å². The first kappa shape index (κ1) is 18.9. The molecule has 19 heavy (non-hydrogen) atoms. The summed E-state index contributed by atoms with van der Waals surface area (Å²) in [5.74, 6) is 0. The van der Waals surface area contributed by atoms with Crippen LogP contribution in [0.25, 0.3) is 0 Å². The van der Waals surface area contributed by atoms with Crippen LogP contribution in [0, 0.1) is 5.41 Å². The molecule has 2 heteroatoms. The zero-order valence-electron chi connectivity index (χ0n) is 14.3. The highest BCUT2D eigenvalue weighted by Gasteiger charge is 2.27. The number of ether oxygens (including phenoxy) is 1. The van der Waals surface area contributed by atoms with Crippen LogP contribution in [0.3, 0.4) is 0 Å². The third-order valence-electron chi connectivity index (χ3n) is 3.90. The van der Waals surface area contributed by atoms with Crippen molar-refractivity contribution in [2.24, 2.45) is 5.41 Å².